The maximum Gasteiger partial charge on any atom is 0.251 e. The van der Waals surface area contributed by atoms with Crippen molar-refractivity contribution < 1.29 is 9.18 Å². The molecule has 1 amide bonds. The van der Waals surface area contributed by atoms with E-state index >= 15 is 0 Å². The average molecular weight is 290 g/mol. The van der Waals surface area contributed by atoms with Gasteiger partial charge in [-0.2, -0.15) is 5.10 Å². The fraction of sp³-hybridized carbons (Fsp3) is 0.333. The third kappa shape index (κ3) is 3.28. The van der Waals surface area contributed by atoms with Crippen LogP contribution >= 0.6 is 0 Å². The Labute approximate surface area is 123 Å². The van der Waals surface area contributed by atoms with E-state index in [1.807, 2.05) is 6.92 Å². The highest BCUT2D eigenvalue weighted by molar-refractivity contribution is 5.92. The summed E-state index contributed by atoms with van der Waals surface area (Å²) in [6.07, 6.45) is 3.84. The largest absolute Gasteiger partial charge is 0.366 e. The lowest BCUT2D eigenvalue weighted by Gasteiger charge is -2.18. The van der Waals surface area contributed by atoms with Crippen LogP contribution in [-0.4, -0.2) is 22.2 Å². The molecule has 1 atom stereocenters. The number of nitrogens with zero attached hydrogens (tertiary/aromatic N) is 2. The zero-order valence-corrected chi connectivity index (χ0v) is 12.1. The molecule has 0 saturated carbocycles. The first kappa shape index (κ1) is 15.2. The molecule has 0 aliphatic rings. The van der Waals surface area contributed by atoms with Crippen molar-refractivity contribution in [3.8, 4) is 5.69 Å². The molecule has 1 unspecified atom stereocenters. The normalized spacial score (nSPS) is 12.3. The Morgan fingerprint density at radius 1 is 1.52 bits per heavy atom. The van der Waals surface area contributed by atoms with Crippen molar-refractivity contribution in [3.63, 3.8) is 0 Å². The molecule has 0 aliphatic heterocycles. The molecule has 2 aromatic rings. The van der Waals surface area contributed by atoms with Gasteiger partial charge >= 0.3 is 0 Å². The van der Waals surface area contributed by atoms with E-state index in [1.165, 1.54) is 23.1 Å². The first-order valence-electron chi connectivity index (χ1n) is 6.91. The number of nitrogens with one attached hydrogen (secondary N) is 1. The molecule has 0 saturated heterocycles. The molecular weight excluding hydrogens is 271 g/mol. The van der Waals surface area contributed by atoms with Crippen LogP contribution in [0.15, 0.2) is 30.6 Å². The fourth-order valence-corrected chi connectivity index (χ4v) is 2.20. The van der Waals surface area contributed by atoms with Crippen LogP contribution in [0, 0.1) is 5.82 Å². The summed E-state index contributed by atoms with van der Waals surface area (Å²) in [6.45, 7) is 4.74. The minimum atomic E-state index is -0.559. The number of rotatable bonds is 6. The van der Waals surface area contributed by atoms with Gasteiger partial charge < -0.3 is 11.1 Å². The number of aromatic nitrogens is 2. The Balaban J connectivity index is 2.42. The molecule has 1 aromatic heterocycles. The van der Waals surface area contributed by atoms with Crippen molar-refractivity contribution in [2.24, 2.45) is 5.73 Å². The zero-order valence-electron chi connectivity index (χ0n) is 12.1. The van der Waals surface area contributed by atoms with E-state index in [-0.39, 0.29) is 11.9 Å². The molecule has 1 heterocycles. The molecule has 0 spiro atoms. The van der Waals surface area contributed by atoms with Crippen molar-refractivity contribution >= 4 is 5.91 Å². The molecule has 0 bridgehead atoms. The van der Waals surface area contributed by atoms with Gasteiger partial charge in [-0.1, -0.05) is 13.0 Å². The third-order valence-corrected chi connectivity index (χ3v) is 3.28. The fourth-order valence-electron chi connectivity index (χ4n) is 2.20. The van der Waals surface area contributed by atoms with Crippen molar-refractivity contribution in [1.82, 2.24) is 15.1 Å². The van der Waals surface area contributed by atoms with Gasteiger partial charge in [0.15, 0.2) is 0 Å². The smallest absolute Gasteiger partial charge is 0.251 e. The second kappa shape index (κ2) is 6.49. The highest BCUT2D eigenvalue weighted by Gasteiger charge is 2.17. The molecule has 1 aromatic carbocycles. The number of hydrogen-bond donors (Lipinski definition) is 2. The second-order valence-corrected chi connectivity index (χ2v) is 4.89. The van der Waals surface area contributed by atoms with Crippen molar-refractivity contribution in [2.75, 3.05) is 6.54 Å². The second-order valence-electron chi connectivity index (χ2n) is 4.89. The number of benzene rings is 1. The number of carbonyl (C=O) groups is 1. The zero-order chi connectivity index (χ0) is 15.4. The van der Waals surface area contributed by atoms with Gasteiger partial charge in [-0.25, -0.2) is 9.07 Å². The minimum Gasteiger partial charge on any atom is -0.366 e. The predicted octanol–water partition coefficient (Wildman–Crippen LogP) is 2.17. The van der Waals surface area contributed by atoms with Crippen LogP contribution in [-0.2, 0) is 0 Å². The molecule has 5 nitrogen and oxygen atoms in total. The quantitative estimate of drug-likeness (QED) is 0.856. The summed E-state index contributed by atoms with van der Waals surface area (Å²) < 4.78 is 15.7. The third-order valence-electron chi connectivity index (χ3n) is 3.28. The molecule has 0 fully saturated rings. The summed E-state index contributed by atoms with van der Waals surface area (Å²) in [6, 6.07) is 4.64. The van der Waals surface area contributed by atoms with E-state index in [1.54, 1.807) is 12.1 Å². The highest BCUT2D eigenvalue weighted by Crippen LogP contribution is 2.24. The number of hydrogen-bond acceptors (Lipinski definition) is 3. The molecule has 112 valence electrons. The van der Waals surface area contributed by atoms with Crippen LogP contribution in [0.5, 0.6) is 0 Å². The lowest BCUT2D eigenvalue weighted by Crippen LogP contribution is -2.22. The summed E-state index contributed by atoms with van der Waals surface area (Å²) in [7, 11) is 0. The summed E-state index contributed by atoms with van der Waals surface area (Å²) in [5.74, 6) is -0.865. The SMILES string of the molecule is CCCNC(C)c1c(F)cccc1-n1cc(C(N)=O)cn1. The molecule has 6 heteroatoms. The van der Waals surface area contributed by atoms with Gasteiger partial charge in [0, 0.05) is 17.8 Å². The molecule has 0 radical (unpaired) electrons. The lowest BCUT2D eigenvalue weighted by atomic mass is 10.0. The van der Waals surface area contributed by atoms with Gasteiger partial charge in [0.1, 0.15) is 5.82 Å². The van der Waals surface area contributed by atoms with Gasteiger partial charge in [0.05, 0.1) is 17.4 Å². The maximum atomic E-state index is 14.2. The Kier molecular flexibility index (Phi) is 4.70. The van der Waals surface area contributed by atoms with E-state index in [4.69, 9.17) is 5.73 Å². The molecule has 3 N–H and O–H groups in total. The van der Waals surface area contributed by atoms with E-state index in [9.17, 15) is 9.18 Å². The topological polar surface area (TPSA) is 72.9 Å². The van der Waals surface area contributed by atoms with E-state index in [2.05, 4.69) is 17.3 Å². The maximum absolute atomic E-state index is 14.2. The summed E-state index contributed by atoms with van der Waals surface area (Å²) in [5.41, 5.74) is 6.63. The molecule has 0 aliphatic carbocycles. The molecule has 2 rings (SSSR count). The Morgan fingerprint density at radius 3 is 2.90 bits per heavy atom. The van der Waals surface area contributed by atoms with E-state index < -0.39 is 5.91 Å². The Hall–Kier alpha value is -2.21. The molecule has 21 heavy (non-hydrogen) atoms. The lowest BCUT2D eigenvalue weighted by molar-refractivity contribution is 0.100. The summed E-state index contributed by atoms with van der Waals surface area (Å²) in [5, 5.41) is 7.35. The van der Waals surface area contributed by atoms with Gasteiger partial charge in [-0.3, -0.25) is 4.79 Å². The first-order valence-corrected chi connectivity index (χ1v) is 6.91. The van der Waals surface area contributed by atoms with E-state index in [0.717, 1.165) is 13.0 Å². The number of primary amides is 1. The van der Waals surface area contributed by atoms with Crippen molar-refractivity contribution in [3.05, 3.63) is 47.5 Å². The number of halogens is 1. The van der Waals surface area contributed by atoms with Crippen LogP contribution in [0.1, 0.15) is 42.2 Å². The van der Waals surface area contributed by atoms with Crippen LogP contribution in [0.4, 0.5) is 4.39 Å². The Morgan fingerprint density at radius 2 is 2.29 bits per heavy atom. The standard InChI is InChI=1S/C15H19FN4O/c1-3-7-18-10(2)14-12(16)5-4-6-13(14)20-9-11(8-19-20)15(17)21/h4-6,8-10,18H,3,7H2,1-2H3,(H2,17,21). The van der Waals surface area contributed by atoms with Crippen LogP contribution in [0.3, 0.4) is 0 Å². The van der Waals surface area contributed by atoms with Crippen molar-refractivity contribution in [1.29, 1.82) is 0 Å². The van der Waals surface area contributed by atoms with Gasteiger partial charge in [-0.15, -0.1) is 0 Å². The van der Waals surface area contributed by atoms with E-state index in [0.29, 0.717) is 16.8 Å². The van der Waals surface area contributed by atoms with Gasteiger partial charge in [0.2, 0.25) is 0 Å². The Bertz CT molecular complexity index is 638. The first-order chi connectivity index (χ1) is 10.0. The van der Waals surface area contributed by atoms with Crippen LogP contribution in [0.25, 0.3) is 5.69 Å². The van der Waals surface area contributed by atoms with Crippen LogP contribution < -0.4 is 11.1 Å². The predicted molar refractivity (Wildman–Crippen MR) is 78.7 cm³/mol. The van der Waals surface area contributed by atoms with Gasteiger partial charge in [0.25, 0.3) is 5.91 Å². The summed E-state index contributed by atoms with van der Waals surface area (Å²) >= 11 is 0. The van der Waals surface area contributed by atoms with Gasteiger partial charge in [-0.05, 0) is 32.0 Å². The number of carbonyl (C=O) groups excluding carboxylic acids is 1. The molecular formula is C15H19FN4O. The number of amides is 1. The highest BCUT2D eigenvalue weighted by atomic mass is 19.1. The monoisotopic (exact) mass is 290 g/mol. The minimum absolute atomic E-state index is 0.164. The van der Waals surface area contributed by atoms with Crippen LogP contribution in [0.2, 0.25) is 0 Å². The summed E-state index contributed by atoms with van der Waals surface area (Å²) in [4.78, 5) is 11.2. The number of nitrogens with two attached hydrogens (primary N) is 1. The van der Waals surface area contributed by atoms with Crippen molar-refractivity contribution in [2.45, 2.75) is 26.3 Å². The average Bonchev–Trinajstić information content (AvgIpc) is 2.94.